The van der Waals surface area contributed by atoms with E-state index in [-0.39, 0.29) is 17.9 Å². The summed E-state index contributed by atoms with van der Waals surface area (Å²) in [4.78, 5) is 18.4. The SMILES string of the molecule is COc1ccc2c(c1)N1CCN(c3ccccc3)CC1C(C(=O)NC1CCCCC1)C2. The Morgan fingerprint density at radius 1 is 1.03 bits per heavy atom. The largest absolute Gasteiger partial charge is 0.497 e. The van der Waals surface area contributed by atoms with Crippen molar-refractivity contribution in [3.8, 4) is 5.75 Å². The molecule has 0 aromatic heterocycles. The molecule has 2 aromatic rings. The van der Waals surface area contributed by atoms with E-state index < -0.39 is 0 Å². The van der Waals surface area contributed by atoms with Gasteiger partial charge in [0.2, 0.25) is 5.91 Å². The van der Waals surface area contributed by atoms with Crippen molar-refractivity contribution in [1.82, 2.24) is 5.32 Å². The van der Waals surface area contributed by atoms with Crippen LogP contribution in [0.3, 0.4) is 0 Å². The fourth-order valence-electron chi connectivity index (χ4n) is 5.63. The molecule has 164 valence electrons. The summed E-state index contributed by atoms with van der Waals surface area (Å²) in [5, 5.41) is 3.42. The van der Waals surface area contributed by atoms with Crippen LogP contribution in [0.2, 0.25) is 0 Å². The van der Waals surface area contributed by atoms with Crippen LogP contribution in [-0.4, -0.2) is 44.7 Å². The maximum atomic E-state index is 13.5. The average Bonchev–Trinajstić information content (AvgIpc) is 2.84. The zero-order chi connectivity index (χ0) is 21.2. The Hall–Kier alpha value is -2.69. The number of ether oxygens (including phenoxy) is 1. The minimum absolute atomic E-state index is 0.0330. The normalized spacial score (nSPS) is 23.6. The predicted octanol–water partition coefficient (Wildman–Crippen LogP) is 4.01. The number of nitrogens with zero attached hydrogens (tertiary/aromatic N) is 2. The molecule has 1 N–H and O–H groups in total. The summed E-state index contributed by atoms with van der Waals surface area (Å²) in [6.07, 6.45) is 6.80. The maximum Gasteiger partial charge on any atom is 0.225 e. The molecule has 2 aliphatic heterocycles. The van der Waals surface area contributed by atoms with Crippen LogP contribution in [0.1, 0.15) is 37.7 Å². The van der Waals surface area contributed by atoms with Crippen molar-refractivity contribution < 1.29 is 9.53 Å². The van der Waals surface area contributed by atoms with Gasteiger partial charge in [-0.25, -0.2) is 0 Å². The Morgan fingerprint density at radius 3 is 2.61 bits per heavy atom. The van der Waals surface area contributed by atoms with Gasteiger partial charge < -0.3 is 19.9 Å². The number of carbonyl (C=O) groups excluding carboxylic acids is 1. The number of amides is 1. The van der Waals surface area contributed by atoms with Gasteiger partial charge in [-0.2, -0.15) is 0 Å². The van der Waals surface area contributed by atoms with Gasteiger partial charge in [-0.3, -0.25) is 4.79 Å². The van der Waals surface area contributed by atoms with Gasteiger partial charge in [-0.15, -0.1) is 0 Å². The van der Waals surface area contributed by atoms with Crippen LogP contribution >= 0.6 is 0 Å². The van der Waals surface area contributed by atoms with E-state index in [0.717, 1.165) is 44.6 Å². The Morgan fingerprint density at radius 2 is 1.84 bits per heavy atom. The number of piperazine rings is 1. The molecule has 1 saturated carbocycles. The monoisotopic (exact) mass is 419 g/mol. The first-order valence-electron chi connectivity index (χ1n) is 11.8. The molecule has 2 fully saturated rings. The first kappa shape index (κ1) is 20.2. The number of anilines is 2. The summed E-state index contributed by atoms with van der Waals surface area (Å²) in [6, 6.07) is 17.4. The molecule has 2 atom stereocenters. The van der Waals surface area contributed by atoms with Crippen LogP contribution in [0.4, 0.5) is 11.4 Å². The maximum absolute atomic E-state index is 13.5. The minimum Gasteiger partial charge on any atom is -0.497 e. The van der Waals surface area contributed by atoms with Crippen molar-refractivity contribution in [2.75, 3.05) is 36.5 Å². The van der Waals surface area contributed by atoms with Gasteiger partial charge in [0.05, 0.1) is 19.1 Å². The second kappa shape index (κ2) is 8.81. The summed E-state index contributed by atoms with van der Waals surface area (Å²) in [5.41, 5.74) is 3.73. The number of methoxy groups -OCH3 is 1. The lowest BCUT2D eigenvalue weighted by molar-refractivity contribution is -0.126. The smallest absolute Gasteiger partial charge is 0.225 e. The highest BCUT2D eigenvalue weighted by molar-refractivity contribution is 5.83. The van der Waals surface area contributed by atoms with Crippen LogP contribution in [0.15, 0.2) is 48.5 Å². The molecule has 3 aliphatic rings. The van der Waals surface area contributed by atoms with Gasteiger partial charge in [0, 0.05) is 43.1 Å². The highest BCUT2D eigenvalue weighted by Gasteiger charge is 2.42. The highest BCUT2D eigenvalue weighted by atomic mass is 16.5. The van der Waals surface area contributed by atoms with Crippen molar-refractivity contribution in [2.24, 2.45) is 5.92 Å². The molecule has 0 spiro atoms. The number of para-hydroxylation sites is 1. The Kier molecular flexibility index (Phi) is 5.75. The zero-order valence-corrected chi connectivity index (χ0v) is 18.4. The number of nitrogens with one attached hydrogen (secondary N) is 1. The van der Waals surface area contributed by atoms with Gasteiger partial charge in [-0.1, -0.05) is 43.5 Å². The fraction of sp³-hybridized carbons (Fsp3) is 0.500. The minimum atomic E-state index is -0.0330. The van der Waals surface area contributed by atoms with E-state index in [4.69, 9.17) is 4.74 Å². The molecule has 5 rings (SSSR count). The van der Waals surface area contributed by atoms with Crippen molar-refractivity contribution in [3.63, 3.8) is 0 Å². The number of fused-ring (bicyclic) bond motifs is 3. The fourth-order valence-corrected chi connectivity index (χ4v) is 5.63. The molecule has 5 nitrogen and oxygen atoms in total. The molecule has 2 unspecified atom stereocenters. The van der Waals surface area contributed by atoms with Crippen molar-refractivity contribution in [1.29, 1.82) is 0 Å². The van der Waals surface area contributed by atoms with Crippen molar-refractivity contribution >= 4 is 17.3 Å². The summed E-state index contributed by atoms with van der Waals surface area (Å²) in [7, 11) is 1.72. The number of hydrogen-bond acceptors (Lipinski definition) is 4. The van der Waals surface area contributed by atoms with Crippen LogP contribution in [0.25, 0.3) is 0 Å². The van der Waals surface area contributed by atoms with E-state index in [1.54, 1.807) is 7.11 Å². The lowest BCUT2D eigenvalue weighted by Gasteiger charge is -2.50. The molecule has 1 amide bonds. The Balaban J connectivity index is 1.43. The van der Waals surface area contributed by atoms with Crippen LogP contribution in [0, 0.1) is 5.92 Å². The summed E-state index contributed by atoms with van der Waals surface area (Å²) in [5.74, 6) is 1.08. The van der Waals surface area contributed by atoms with E-state index in [0.29, 0.717) is 6.04 Å². The number of hydrogen-bond donors (Lipinski definition) is 1. The molecule has 1 saturated heterocycles. The molecule has 1 aliphatic carbocycles. The predicted molar refractivity (Wildman–Crippen MR) is 125 cm³/mol. The second-order valence-corrected chi connectivity index (χ2v) is 9.19. The number of rotatable bonds is 4. The second-order valence-electron chi connectivity index (χ2n) is 9.19. The van der Waals surface area contributed by atoms with E-state index in [2.05, 4.69) is 57.6 Å². The Bertz CT molecular complexity index is 910. The van der Waals surface area contributed by atoms with Gasteiger partial charge in [0.15, 0.2) is 0 Å². The third kappa shape index (κ3) is 4.10. The van der Waals surface area contributed by atoms with E-state index >= 15 is 0 Å². The van der Waals surface area contributed by atoms with Gasteiger partial charge in [0.1, 0.15) is 5.75 Å². The number of benzene rings is 2. The average molecular weight is 420 g/mol. The van der Waals surface area contributed by atoms with Crippen molar-refractivity contribution in [3.05, 3.63) is 54.1 Å². The summed E-state index contributed by atoms with van der Waals surface area (Å²) < 4.78 is 5.51. The van der Waals surface area contributed by atoms with Crippen LogP contribution < -0.4 is 19.9 Å². The molecule has 5 heteroatoms. The summed E-state index contributed by atoms with van der Waals surface area (Å²) >= 11 is 0. The molecular formula is C26H33N3O2. The molecular weight excluding hydrogens is 386 g/mol. The Labute approximate surface area is 185 Å². The van der Waals surface area contributed by atoms with Gasteiger partial charge in [0.25, 0.3) is 0 Å². The first-order chi connectivity index (χ1) is 15.2. The van der Waals surface area contributed by atoms with E-state index in [1.807, 2.05) is 6.07 Å². The molecule has 2 aromatic carbocycles. The molecule has 0 radical (unpaired) electrons. The lowest BCUT2D eigenvalue weighted by atomic mass is 9.82. The molecule has 0 bridgehead atoms. The van der Waals surface area contributed by atoms with Crippen molar-refractivity contribution in [2.45, 2.75) is 50.6 Å². The van der Waals surface area contributed by atoms with Crippen LogP contribution in [-0.2, 0) is 11.2 Å². The van der Waals surface area contributed by atoms with E-state index in [1.165, 1.54) is 36.2 Å². The molecule has 31 heavy (non-hydrogen) atoms. The standard InChI is InChI=1S/C26H33N3O2/c1-31-22-13-12-19-16-23(26(30)27-20-8-4-2-5-9-20)25-18-28(21-10-6-3-7-11-21)14-15-29(25)24(19)17-22/h3,6-7,10-13,17,20,23,25H,2,4-5,8-9,14-16,18H2,1H3,(H,27,30). The summed E-state index contributed by atoms with van der Waals surface area (Å²) in [6.45, 7) is 2.73. The quantitative estimate of drug-likeness (QED) is 0.813. The lowest BCUT2D eigenvalue weighted by Crippen LogP contribution is -2.61. The highest BCUT2D eigenvalue weighted by Crippen LogP contribution is 2.39. The third-order valence-corrected chi connectivity index (χ3v) is 7.33. The number of carbonyl (C=O) groups is 1. The first-order valence-corrected chi connectivity index (χ1v) is 11.8. The van der Waals surface area contributed by atoms with E-state index in [9.17, 15) is 4.79 Å². The van der Waals surface area contributed by atoms with Gasteiger partial charge >= 0.3 is 0 Å². The molecule has 2 heterocycles. The topological polar surface area (TPSA) is 44.8 Å². The third-order valence-electron chi connectivity index (χ3n) is 7.33. The van der Waals surface area contributed by atoms with Crippen LogP contribution in [0.5, 0.6) is 5.75 Å². The zero-order valence-electron chi connectivity index (χ0n) is 18.4. The van der Waals surface area contributed by atoms with Gasteiger partial charge in [-0.05, 0) is 43.0 Å².